The number of halogens is 1. The number of aliphatic hydroxyl groups is 2. The van der Waals surface area contributed by atoms with E-state index in [0.717, 1.165) is 57.3 Å². The molecule has 8 nitrogen and oxygen atoms in total. The summed E-state index contributed by atoms with van der Waals surface area (Å²) in [5, 5.41) is 24.0. The molecule has 1 amide bonds. The second kappa shape index (κ2) is 10.9. The number of hydrogen-bond acceptors (Lipinski definition) is 8. The first-order valence-corrected chi connectivity index (χ1v) is 14.2. The number of hydrogen-bond donors (Lipinski definition) is 3. The van der Waals surface area contributed by atoms with Crippen molar-refractivity contribution >= 4 is 51.5 Å². The molecule has 1 saturated carbocycles. The van der Waals surface area contributed by atoms with Gasteiger partial charge in [-0.25, -0.2) is 15.0 Å². The number of likely N-dealkylation sites (tertiary alicyclic amines) is 1. The summed E-state index contributed by atoms with van der Waals surface area (Å²) >= 11 is 3.97. The molecular formula is C25H28IN5O3S. The molecule has 4 atom stereocenters. The van der Waals surface area contributed by atoms with Gasteiger partial charge in [0.15, 0.2) is 0 Å². The van der Waals surface area contributed by atoms with Crippen LogP contribution in [0.25, 0.3) is 10.6 Å². The zero-order valence-corrected chi connectivity index (χ0v) is 22.2. The van der Waals surface area contributed by atoms with E-state index in [1.54, 1.807) is 22.4 Å². The maximum atomic E-state index is 13.0. The van der Waals surface area contributed by atoms with Crippen LogP contribution in [0.15, 0.2) is 42.7 Å². The maximum absolute atomic E-state index is 13.0. The third kappa shape index (κ3) is 5.65. The summed E-state index contributed by atoms with van der Waals surface area (Å²) in [5.41, 5.74) is 2.06. The second-order valence-corrected chi connectivity index (χ2v) is 11.0. The zero-order chi connectivity index (χ0) is 24.4. The summed E-state index contributed by atoms with van der Waals surface area (Å²) in [7, 11) is 0. The molecule has 35 heavy (non-hydrogen) atoms. The van der Waals surface area contributed by atoms with Crippen molar-refractivity contribution in [2.75, 3.05) is 18.4 Å². The second-order valence-electron chi connectivity index (χ2n) is 9.22. The number of carbonyl (C=O) groups excluding carboxylic acids is 1. The molecule has 0 spiro atoms. The molecular weight excluding hydrogens is 577 g/mol. The molecule has 3 aromatic heterocycles. The summed E-state index contributed by atoms with van der Waals surface area (Å²) in [6, 6.07) is 9.90. The van der Waals surface area contributed by atoms with E-state index >= 15 is 0 Å². The van der Waals surface area contributed by atoms with E-state index in [1.807, 2.05) is 36.5 Å². The Labute approximate surface area is 222 Å². The van der Waals surface area contributed by atoms with Gasteiger partial charge in [-0.05, 0) is 49.1 Å². The number of rotatable bonds is 6. The standard InChI is InChI=1S/C25H28IN5O3S/c26-11-15-7-8-27-23(9-15)30-22-6-2-5-18(29-22)21-12-28-24(35-21)16-3-1-4-17(10-16)25(34)31-13-19(32)20(33)14-31/h2,5-9,12,16-17,19-20,32-33H,1,3-4,10-11,13-14H2,(H,27,29,30)/t16?,17?,19-,20+. The van der Waals surface area contributed by atoms with Crippen LogP contribution < -0.4 is 5.32 Å². The molecule has 3 aromatic rings. The third-order valence-corrected chi connectivity index (χ3v) is 8.77. The molecule has 0 bridgehead atoms. The molecule has 10 heteroatoms. The Morgan fingerprint density at radius 3 is 2.77 bits per heavy atom. The highest BCUT2D eigenvalue weighted by atomic mass is 127. The largest absolute Gasteiger partial charge is 0.388 e. The van der Waals surface area contributed by atoms with Gasteiger partial charge in [0, 0.05) is 41.7 Å². The number of carbonyl (C=O) groups is 1. The normalized spacial score (nSPS) is 24.5. The Morgan fingerprint density at radius 1 is 1.14 bits per heavy atom. The number of alkyl halides is 1. The predicted molar refractivity (Wildman–Crippen MR) is 144 cm³/mol. The van der Waals surface area contributed by atoms with Gasteiger partial charge in [0.1, 0.15) is 11.6 Å². The van der Waals surface area contributed by atoms with Crippen molar-refractivity contribution in [2.45, 2.75) is 48.2 Å². The van der Waals surface area contributed by atoms with Gasteiger partial charge in [-0.3, -0.25) is 4.79 Å². The molecule has 2 aliphatic rings. The molecule has 1 aliphatic carbocycles. The van der Waals surface area contributed by atoms with E-state index < -0.39 is 12.2 Å². The van der Waals surface area contributed by atoms with Crippen LogP contribution in [-0.4, -0.2) is 61.3 Å². The van der Waals surface area contributed by atoms with Crippen molar-refractivity contribution in [1.82, 2.24) is 19.9 Å². The predicted octanol–water partition coefficient (Wildman–Crippen LogP) is 4.12. The van der Waals surface area contributed by atoms with Crippen LogP contribution in [0.4, 0.5) is 11.6 Å². The fourth-order valence-corrected chi connectivity index (χ4v) is 6.35. The van der Waals surface area contributed by atoms with Gasteiger partial charge in [-0.1, -0.05) is 35.1 Å². The number of β-amino-alcohol motifs (C(OH)–C–C–N with tert-alkyl or cyclic N) is 2. The van der Waals surface area contributed by atoms with E-state index in [-0.39, 0.29) is 30.8 Å². The first-order valence-electron chi connectivity index (χ1n) is 11.9. The SMILES string of the molecule is O=C(C1CCCC(c2ncc(-c3cccc(Nc4cc(CI)ccn4)n3)s2)C1)N1C[C@@H](O)[C@@H](O)C1. The number of aliphatic hydroxyl groups excluding tert-OH is 2. The number of nitrogens with zero attached hydrogens (tertiary/aromatic N) is 4. The van der Waals surface area contributed by atoms with Gasteiger partial charge < -0.3 is 20.4 Å². The smallest absolute Gasteiger partial charge is 0.225 e. The van der Waals surface area contributed by atoms with Gasteiger partial charge in [-0.15, -0.1) is 11.3 Å². The molecule has 0 aromatic carbocycles. The van der Waals surface area contributed by atoms with Gasteiger partial charge in [-0.2, -0.15) is 0 Å². The Hall–Kier alpha value is -2.15. The summed E-state index contributed by atoms with van der Waals surface area (Å²) in [5.74, 6) is 1.69. The van der Waals surface area contributed by atoms with Gasteiger partial charge in [0.05, 0.1) is 27.8 Å². The van der Waals surface area contributed by atoms with E-state index in [0.29, 0.717) is 0 Å². The first-order chi connectivity index (χ1) is 17.0. The summed E-state index contributed by atoms with van der Waals surface area (Å²) < 4.78 is 0.918. The highest BCUT2D eigenvalue weighted by molar-refractivity contribution is 14.1. The van der Waals surface area contributed by atoms with Gasteiger partial charge >= 0.3 is 0 Å². The average molecular weight is 606 g/mol. The lowest BCUT2D eigenvalue weighted by Gasteiger charge is -2.30. The van der Waals surface area contributed by atoms with Crippen LogP contribution in [0.5, 0.6) is 0 Å². The van der Waals surface area contributed by atoms with Crippen LogP contribution in [0.1, 0.15) is 42.2 Å². The minimum absolute atomic E-state index is 0.0442. The van der Waals surface area contributed by atoms with Crippen LogP contribution in [-0.2, 0) is 9.22 Å². The molecule has 2 unspecified atom stereocenters. The Morgan fingerprint density at radius 2 is 1.97 bits per heavy atom. The van der Waals surface area contributed by atoms with Crippen LogP contribution in [0.2, 0.25) is 0 Å². The van der Waals surface area contributed by atoms with Gasteiger partial charge in [0.2, 0.25) is 5.91 Å². The Balaban J connectivity index is 1.26. The van der Waals surface area contributed by atoms with E-state index in [1.165, 1.54) is 5.56 Å². The van der Waals surface area contributed by atoms with Crippen molar-refractivity contribution in [3.05, 3.63) is 53.3 Å². The lowest BCUT2D eigenvalue weighted by atomic mass is 9.81. The fraction of sp³-hybridized carbons (Fsp3) is 0.440. The number of aromatic nitrogens is 3. The van der Waals surface area contributed by atoms with Crippen LogP contribution in [0.3, 0.4) is 0 Å². The average Bonchev–Trinajstić information content (AvgIpc) is 3.51. The number of amides is 1. The molecule has 1 saturated heterocycles. The number of pyridine rings is 2. The van der Waals surface area contributed by atoms with E-state index in [4.69, 9.17) is 9.97 Å². The summed E-state index contributed by atoms with van der Waals surface area (Å²) in [4.78, 5) is 29.5. The van der Waals surface area contributed by atoms with Crippen LogP contribution >= 0.6 is 33.9 Å². The number of anilines is 2. The Bertz CT molecular complexity index is 1180. The van der Waals surface area contributed by atoms with E-state index in [2.05, 4.69) is 32.9 Å². The lowest BCUT2D eigenvalue weighted by molar-refractivity contribution is -0.136. The summed E-state index contributed by atoms with van der Waals surface area (Å²) in [6.45, 7) is 0.437. The van der Waals surface area contributed by atoms with Crippen LogP contribution in [0, 0.1) is 5.92 Å². The minimum atomic E-state index is -0.844. The van der Waals surface area contributed by atoms with E-state index in [9.17, 15) is 15.0 Å². The molecule has 5 rings (SSSR count). The first kappa shape index (κ1) is 24.5. The van der Waals surface area contributed by atoms with Crippen molar-refractivity contribution in [3.63, 3.8) is 0 Å². The topological polar surface area (TPSA) is 111 Å². The minimum Gasteiger partial charge on any atom is -0.388 e. The fourth-order valence-electron chi connectivity index (χ4n) is 4.84. The third-order valence-electron chi connectivity index (χ3n) is 6.70. The number of thiazole rings is 1. The molecule has 2 fully saturated rings. The molecule has 3 N–H and O–H groups in total. The zero-order valence-electron chi connectivity index (χ0n) is 19.2. The molecule has 1 aliphatic heterocycles. The van der Waals surface area contributed by atoms with Crippen molar-refractivity contribution in [3.8, 4) is 10.6 Å². The highest BCUT2D eigenvalue weighted by Crippen LogP contribution is 2.40. The van der Waals surface area contributed by atoms with Crippen molar-refractivity contribution < 1.29 is 15.0 Å². The summed E-state index contributed by atoms with van der Waals surface area (Å²) in [6.07, 6.45) is 5.56. The van der Waals surface area contributed by atoms with Crippen molar-refractivity contribution in [1.29, 1.82) is 0 Å². The quantitative estimate of drug-likeness (QED) is 0.287. The maximum Gasteiger partial charge on any atom is 0.225 e. The van der Waals surface area contributed by atoms with Gasteiger partial charge in [0.25, 0.3) is 0 Å². The van der Waals surface area contributed by atoms with Crippen molar-refractivity contribution in [2.24, 2.45) is 5.92 Å². The molecule has 4 heterocycles. The lowest BCUT2D eigenvalue weighted by Crippen LogP contribution is -2.37. The Kier molecular flexibility index (Phi) is 7.61. The highest BCUT2D eigenvalue weighted by Gasteiger charge is 2.38. The molecule has 0 radical (unpaired) electrons. The molecule has 184 valence electrons. The number of nitrogens with one attached hydrogen (secondary N) is 1. The monoisotopic (exact) mass is 605 g/mol.